The van der Waals surface area contributed by atoms with Gasteiger partial charge in [0.05, 0.1) is 11.8 Å². The lowest BCUT2D eigenvalue weighted by atomic mass is 9.82. The first-order valence-corrected chi connectivity index (χ1v) is 6.55. The topological polar surface area (TPSA) is 51.0 Å². The number of aromatic nitrogens is 3. The summed E-state index contributed by atoms with van der Waals surface area (Å²) in [6, 6.07) is 0.214. The van der Waals surface area contributed by atoms with Gasteiger partial charge < -0.3 is 0 Å². The quantitative estimate of drug-likeness (QED) is 0.717. The summed E-state index contributed by atoms with van der Waals surface area (Å²) in [4.78, 5) is 13.9. The van der Waals surface area contributed by atoms with E-state index < -0.39 is 0 Å². The molecule has 0 aromatic carbocycles. The smallest absolute Gasteiger partial charge is 0.234 e. The second kappa shape index (κ2) is 3.98. The second-order valence-corrected chi connectivity index (χ2v) is 5.04. The Morgan fingerprint density at radius 3 is 2.88 bits per heavy atom. The van der Waals surface area contributed by atoms with Crippen molar-refractivity contribution < 1.29 is 4.79 Å². The van der Waals surface area contributed by atoms with Crippen molar-refractivity contribution in [2.75, 3.05) is 11.9 Å². The van der Waals surface area contributed by atoms with Crippen molar-refractivity contribution in [2.45, 2.75) is 37.6 Å². The average Bonchev–Trinajstić information content (AvgIpc) is 2.80. The van der Waals surface area contributed by atoms with E-state index in [-0.39, 0.29) is 17.9 Å². The molecular weight excluding hydrogens is 240 g/mol. The molecule has 0 bridgehead atoms. The van der Waals surface area contributed by atoms with Crippen LogP contribution in [0.25, 0.3) is 0 Å². The van der Waals surface area contributed by atoms with Gasteiger partial charge in [-0.15, -0.1) is 21.8 Å². The van der Waals surface area contributed by atoms with Crippen LogP contribution in [-0.2, 0) is 10.7 Å². The third-order valence-electron chi connectivity index (χ3n) is 3.88. The predicted molar refractivity (Wildman–Crippen MR) is 64.0 cm³/mol. The van der Waals surface area contributed by atoms with Gasteiger partial charge in [-0.3, -0.25) is 14.3 Å². The van der Waals surface area contributed by atoms with E-state index in [1.165, 1.54) is 0 Å². The Bertz CT molecular complexity index is 458. The van der Waals surface area contributed by atoms with Crippen LogP contribution in [-0.4, -0.2) is 27.7 Å². The van der Waals surface area contributed by atoms with Crippen LogP contribution in [0.2, 0.25) is 0 Å². The molecule has 6 heteroatoms. The van der Waals surface area contributed by atoms with E-state index in [0.717, 1.165) is 31.5 Å². The predicted octanol–water partition coefficient (Wildman–Crippen LogP) is 1.72. The Hall–Kier alpha value is -1.10. The van der Waals surface area contributed by atoms with Crippen molar-refractivity contribution in [1.29, 1.82) is 0 Å². The Kier molecular flexibility index (Phi) is 2.58. The molecule has 0 spiro atoms. The van der Waals surface area contributed by atoms with Gasteiger partial charge in [0, 0.05) is 13.1 Å². The lowest BCUT2D eigenvalue weighted by molar-refractivity contribution is -0.125. The molecule has 2 atom stereocenters. The van der Waals surface area contributed by atoms with Gasteiger partial charge >= 0.3 is 0 Å². The molecule has 1 saturated carbocycles. The molecule has 2 unspecified atom stereocenters. The summed E-state index contributed by atoms with van der Waals surface area (Å²) < 4.78 is 2.07. The second-order valence-electron chi connectivity index (χ2n) is 4.78. The number of anilines is 1. The zero-order chi connectivity index (χ0) is 12.0. The standard InChI is InChI=1S/C11H15ClN4O/c1-15-10(17)7-4-2-3-5-8(7)16-9(6-12)13-14-11(15)16/h7-8H,2-6H2,1H3. The van der Waals surface area contributed by atoms with E-state index >= 15 is 0 Å². The molecule has 1 aromatic rings. The van der Waals surface area contributed by atoms with Crippen molar-refractivity contribution in [3.8, 4) is 0 Å². The summed E-state index contributed by atoms with van der Waals surface area (Å²) in [7, 11) is 1.77. The minimum atomic E-state index is 0.0826. The van der Waals surface area contributed by atoms with E-state index in [4.69, 9.17) is 11.6 Å². The molecule has 92 valence electrons. The number of amides is 1. The van der Waals surface area contributed by atoms with Crippen LogP contribution in [0, 0.1) is 5.92 Å². The van der Waals surface area contributed by atoms with Gasteiger partial charge in [-0.1, -0.05) is 12.8 Å². The molecule has 0 N–H and O–H groups in total. The molecule has 0 radical (unpaired) electrons. The van der Waals surface area contributed by atoms with Crippen LogP contribution in [0.1, 0.15) is 37.5 Å². The fourth-order valence-corrected chi connectivity index (χ4v) is 3.21. The highest BCUT2D eigenvalue weighted by atomic mass is 35.5. The number of rotatable bonds is 1. The summed E-state index contributed by atoms with van der Waals surface area (Å²) in [5.41, 5.74) is 0. The van der Waals surface area contributed by atoms with Gasteiger partial charge in [0.2, 0.25) is 11.9 Å². The first-order chi connectivity index (χ1) is 8.24. The highest BCUT2D eigenvalue weighted by Crippen LogP contribution is 2.41. The minimum absolute atomic E-state index is 0.0826. The lowest BCUT2D eigenvalue weighted by Gasteiger charge is -2.39. The van der Waals surface area contributed by atoms with E-state index in [9.17, 15) is 4.79 Å². The zero-order valence-corrected chi connectivity index (χ0v) is 10.5. The van der Waals surface area contributed by atoms with Crippen LogP contribution in [0.5, 0.6) is 0 Å². The Morgan fingerprint density at radius 2 is 2.12 bits per heavy atom. The maximum atomic E-state index is 12.2. The Balaban J connectivity index is 2.11. The number of hydrogen-bond acceptors (Lipinski definition) is 3. The summed E-state index contributed by atoms with van der Waals surface area (Å²) in [6.07, 6.45) is 4.29. The van der Waals surface area contributed by atoms with E-state index in [2.05, 4.69) is 14.8 Å². The number of carbonyl (C=O) groups excluding carboxylic acids is 1. The first-order valence-electron chi connectivity index (χ1n) is 6.01. The maximum Gasteiger partial charge on any atom is 0.234 e. The molecule has 3 rings (SSSR count). The van der Waals surface area contributed by atoms with Crippen molar-refractivity contribution >= 4 is 23.5 Å². The molecule has 1 aliphatic carbocycles. The molecular formula is C11H15ClN4O. The molecule has 2 heterocycles. The maximum absolute atomic E-state index is 12.2. The number of nitrogens with zero attached hydrogens (tertiary/aromatic N) is 4. The van der Waals surface area contributed by atoms with Gasteiger partial charge in [0.1, 0.15) is 5.82 Å². The molecule has 1 fully saturated rings. The zero-order valence-electron chi connectivity index (χ0n) is 9.77. The normalized spacial score (nSPS) is 27.9. The summed E-state index contributed by atoms with van der Waals surface area (Å²) >= 11 is 5.89. The number of carbonyl (C=O) groups is 1. The number of alkyl halides is 1. The third-order valence-corrected chi connectivity index (χ3v) is 4.12. The van der Waals surface area contributed by atoms with E-state index in [0.29, 0.717) is 11.8 Å². The molecule has 1 amide bonds. The lowest BCUT2D eigenvalue weighted by Crippen LogP contribution is -2.45. The SMILES string of the molecule is CN1C(=O)C2CCCCC2n2c(CCl)nnc21. The molecule has 2 aliphatic rings. The third kappa shape index (κ3) is 1.48. The largest absolute Gasteiger partial charge is 0.292 e. The van der Waals surface area contributed by atoms with Crippen LogP contribution in [0.15, 0.2) is 0 Å². The number of fused-ring (bicyclic) bond motifs is 3. The molecule has 1 aliphatic heterocycles. The van der Waals surface area contributed by atoms with Crippen molar-refractivity contribution in [3.05, 3.63) is 5.82 Å². The van der Waals surface area contributed by atoms with E-state index in [1.54, 1.807) is 11.9 Å². The highest BCUT2D eigenvalue weighted by Gasteiger charge is 2.42. The fraction of sp³-hybridized carbons (Fsp3) is 0.727. The van der Waals surface area contributed by atoms with Crippen LogP contribution in [0.4, 0.5) is 5.95 Å². The Morgan fingerprint density at radius 1 is 1.35 bits per heavy atom. The molecule has 0 saturated heterocycles. The summed E-state index contributed by atoms with van der Waals surface area (Å²) in [5, 5.41) is 8.16. The minimum Gasteiger partial charge on any atom is -0.292 e. The number of halogens is 1. The average molecular weight is 255 g/mol. The van der Waals surface area contributed by atoms with Gasteiger partial charge in [-0.2, -0.15) is 0 Å². The Labute approximate surface area is 105 Å². The van der Waals surface area contributed by atoms with Crippen LogP contribution >= 0.6 is 11.6 Å². The van der Waals surface area contributed by atoms with Gasteiger partial charge in [-0.05, 0) is 12.8 Å². The van der Waals surface area contributed by atoms with Crippen molar-refractivity contribution in [1.82, 2.24) is 14.8 Å². The molecule has 5 nitrogen and oxygen atoms in total. The molecule has 17 heavy (non-hydrogen) atoms. The van der Waals surface area contributed by atoms with Crippen LogP contribution in [0.3, 0.4) is 0 Å². The summed E-state index contributed by atoms with van der Waals surface area (Å²) in [6.45, 7) is 0. The van der Waals surface area contributed by atoms with Crippen molar-refractivity contribution in [3.63, 3.8) is 0 Å². The fourth-order valence-electron chi connectivity index (χ4n) is 3.03. The van der Waals surface area contributed by atoms with Gasteiger partial charge in [0.25, 0.3) is 0 Å². The van der Waals surface area contributed by atoms with Crippen LogP contribution < -0.4 is 4.90 Å². The number of hydrogen-bond donors (Lipinski definition) is 0. The highest BCUT2D eigenvalue weighted by molar-refractivity contribution is 6.16. The monoisotopic (exact) mass is 254 g/mol. The summed E-state index contributed by atoms with van der Waals surface area (Å²) in [5.74, 6) is 2.03. The first kappa shape index (κ1) is 11.0. The van der Waals surface area contributed by atoms with Gasteiger partial charge in [-0.25, -0.2) is 0 Å². The van der Waals surface area contributed by atoms with Gasteiger partial charge in [0.15, 0.2) is 0 Å². The molecule has 1 aromatic heterocycles. The van der Waals surface area contributed by atoms with E-state index in [1.807, 2.05) is 0 Å². The van der Waals surface area contributed by atoms with Crippen molar-refractivity contribution in [2.24, 2.45) is 5.92 Å².